The number of aromatic nitrogens is 1. The fraction of sp³-hybridized carbons (Fsp3) is 0.128. The zero-order valence-electron chi connectivity index (χ0n) is 24.2. The van der Waals surface area contributed by atoms with Crippen molar-refractivity contribution < 1.29 is 0 Å². The van der Waals surface area contributed by atoms with Crippen molar-refractivity contribution in [2.75, 3.05) is 0 Å². The average molecular weight is 570 g/mol. The number of guanidine groups is 1. The molecule has 3 unspecified atom stereocenters. The Morgan fingerprint density at radius 2 is 1.39 bits per heavy atom. The monoisotopic (exact) mass is 569 g/mol. The van der Waals surface area contributed by atoms with Gasteiger partial charge in [0.05, 0.1) is 22.9 Å². The van der Waals surface area contributed by atoms with Crippen molar-refractivity contribution in [2.24, 2.45) is 15.9 Å². The lowest BCUT2D eigenvalue weighted by Gasteiger charge is -2.35. The molecule has 0 bridgehead atoms. The summed E-state index contributed by atoms with van der Waals surface area (Å²) in [4.78, 5) is 13.0. The molecule has 5 nitrogen and oxygen atoms in total. The first-order valence-corrected chi connectivity index (χ1v) is 15.4. The molecule has 0 spiro atoms. The number of rotatable bonds is 3. The quantitative estimate of drug-likeness (QED) is 0.241. The van der Waals surface area contributed by atoms with E-state index < -0.39 is 0 Å². The summed E-state index contributed by atoms with van der Waals surface area (Å²) in [6.45, 7) is 0. The lowest BCUT2D eigenvalue weighted by atomic mass is 9.84. The molecule has 0 fully saturated rings. The number of hydrogen-bond acceptors (Lipinski definition) is 4. The summed E-state index contributed by atoms with van der Waals surface area (Å²) in [6, 6.07) is 40.6. The third kappa shape index (κ3) is 3.86. The van der Waals surface area contributed by atoms with Crippen molar-refractivity contribution in [3.05, 3.63) is 168 Å². The molecule has 0 saturated heterocycles. The molecule has 0 radical (unpaired) electrons. The van der Waals surface area contributed by atoms with Gasteiger partial charge in [-0.15, -0.1) is 0 Å². The third-order valence-electron chi connectivity index (χ3n) is 9.31. The maximum absolute atomic E-state index is 5.36. The lowest BCUT2D eigenvalue weighted by molar-refractivity contribution is 0.448. The summed E-state index contributed by atoms with van der Waals surface area (Å²) in [5, 5.41) is 5.05. The smallest absolute Gasteiger partial charge is 0.207 e. The van der Waals surface area contributed by atoms with Crippen LogP contribution in [0.3, 0.4) is 0 Å². The maximum Gasteiger partial charge on any atom is 0.207 e. The standard InChI is InChI=1S/C39H31N5/c1-4-14-26(15-5-1)37-40-38(27-16-6-2-7-17-27)42-39(41-37)44-34-23-13-11-21-30(34)32-25-24-31-29-20-10-12-22-33(29)43(35(31)36(32)44)28-18-8-3-9-19-28/h1-23,30,34,37H,24-25H2,(H,40,41,42). The van der Waals surface area contributed by atoms with Gasteiger partial charge in [-0.25, -0.2) is 9.98 Å². The molecule has 9 rings (SSSR count). The Kier molecular flexibility index (Phi) is 5.76. The highest BCUT2D eigenvalue weighted by atomic mass is 15.4. The lowest BCUT2D eigenvalue weighted by Crippen LogP contribution is -2.49. The van der Waals surface area contributed by atoms with Gasteiger partial charge in [-0.1, -0.05) is 121 Å². The van der Waals surface area contributed by atoms with E-state index in [1.807, 2.05) is 12.1 Å². The fourth-order valence-corrected chi connectivity index (χ4v) is 7.41. The number of nitrogens with one attached hydrogen (secondary N) is 1. The van der Waals surface area contributed by atoms with Gasteiger partial charge in [-0.3, -0.25) is 0 Å². The second kappa shape index (κ2) is 10.1. The molecule has 4 aliphatic rings. The number of hydrogen-bond donors (Lipinski definition) is 1. The number of amidine groups is 1. The molecule has 44 heavy (non-hydrogen) atoms. The van der Waals surface area contributed by atoms with E-state index in [1.54, 1.807) is 0 Å². The van der Waals surface area contributed by atoms with Crippen LogP contribution in [0.4, 0.5) is 0 Å². The van der Waals surface area contributed by atoms with Gasteiger partial charge in [0.25, 0.3) is 0 Å². The molecule has 0 saturated carbocycles. The Balaban J connectivity index is 1.28. The van der Waals surface area contributed by atoms with Crippen molar-refractivity contribution in [3.63, 3.8) is 0 Å². The number of benzene rings is 4. The molecule has 5 heteroatoms. The van der Waals surface area contributed by atoms with Gasteiger partial charge in [0.15, 0.2) is 6.17 Å². The molecule has 212 valence electrons. The highest BCUT2D eigenvalue weighted by Gasteiger charge is 2.46. The van der Waals surface area contributed by atoms with Crippen LogP contribution in [-0.2, 0) is 6.42 Å². The molecule has 1 N–H and O–H groups in total. The van der Waals surface area contributed by atoms with E-state index in [4.69, 9.17) is 9.98 Å². The minimum atomic E-state index is -0.350. The zero-order valence-corrected chi connectivity index (χ0v) is 24.2. The average Bonchev–Trinajstić information content (AvgIpc) is 3.62. The number of aryl methyl sites for hydroxylation is 1. The first-order chi connectivity index (χ1) is 21.8. The van der Waals surface area contributed by atoms with E-state index in [0.29, 0.717) is 0 Å². The van der Waals surface area contributed by atoms with Crippen molar-refractivity contribution in [3.8, 4) is 5.69 Å². The van der Waals surface area contributed by atoms with Crippen LogP contribution in [0.1, 0.15) is 35.0 Å². The highest BCUT2D eigenvalue weighted by molar-refractivity contribution is 6.12. The van der Waals surface area contributed by atoms with E-state index in [9.17, 15) is 0 Å². The van der Waals surface area contributed by atoms with Crippen LogP contribution in [0.2, 0.25) is 0 Å². The van der Waals surface area contributed by atoms with E-state index in [-0.39, 0.29) is 18.1 Å². The summed E-state index contributed by atoms with van der Waals surface area (Å²) in [6.07, 6.45) is 10.8. The van der Waals surface area contributed by atoms with Gasteiger partial charge in [-0.05, 0) is 47.7 Å². The highest BCUT2D eigenvalue weighted by Crippen LogP contribution is 2.51. The van der Waals surface area contributed by atoms with Crippen LogP contribution < -0.4 is 5.32 Å². The first kappa shape index (κ1) is 25.1. The first-order valence-electron chi connectivity index (χ1n) is 15.4. The van der Waals surface area contributed by atoms with Gasteiger partial charge in [0, 0.05) is 22.6 Å². The van der Waals surface area contributed by atoms with Crippen molar-refractivity contribution in [1.29, 1.82) is 0 Å². The van der Waals surface area contributed by atoms with Gasteiger partial charge in [-0.2, -0.15) is 0 Å². The molecular weight excluding hydrogens is 538 g/mol. The Labute approximate surface area is 256 Å². The van der Waals surface area contributed by atoms with Crippen LogP contribution in [0, 0.1) is 5.92 Å². The summed E-state index contributed by atoms with van der Waals surface area (Å²) in [7, 11) is 0. The SMILES string of the molecule is C1=CC2C3=C(c4c(c5ccccc5n4-c4ccccc4)CC3)N(C3=NC(c4ccccc4)N=C(c4ccccc4)N3)C2C=C1. The molecule has 2 aliphatic heterocycles. The van der Waals surface area contributed by atoms with Gasteiger partial charge >= 0.3 is 0 Å². The van der Waals surface area contributed by atoms with Crippen molar-refractivity contribution in [2.45, 2.75) is 25.0 Å². The van der Waals surface area contributed by atoms with Crippen LogP contribution in [0.25, 0.3) is 22.3 Å². The molecule has 3 heterocycles. The molecule has 5 aromatic rings. The third-order valence-corrected chi connectivity index (χ3v) is 9.31. The predicted octanol–water partition coefficient (Wildman–Crippen LogP) is 7.82. The number of nitrogens with zero attached hydrogens (tertiary/aromatic N) is 4. The number of para-hydroxylation sites is 2. The Morgan fingerprint density at radius 3 is 2.20 bits per heavy atom. The van der Waals surface area contributed by atoms with E-state index in [0.717, 1.165) is 35.8 Å². The Morgan fingerprint density at radius 1 is 0.682 bits per heavy atom. The van der Waals surface area contributed by atoms with E-state index >= 15 is 0 Å². The van der Waals surface area contributed by atoms with Crippen LogP contribution in [-0.4, -0.2) is 27.3 Å². The van der Waals surface area contributed by atoms with Crippen molar-refractivity contribution in [1.82, 2.24) is 14.8 Å². The summed E-state index contributed by atoms with van der Waals surface area (Å²) >= 11 is 0. The van der Waals surface area contributed by atoms with Gasteiger partial charge in [0.1, 0.15) is 5.84 Å². The molecular formula is C39H31N5. The largest absolute Gasteiger partial charge is 0.310 e. The topological polar surface area (TPSA) is 44.9 Å². The van der Waals surface area contributed by atoms with Crippen LogP contribution in [0.5, 0.6) is 0 Å². The van der Waals surface area contributed by atoms with Crippen LogP contribution >= 0.6 is 0 Å². The normalized spacial score (nSPS) is 21.8. The van der Waals surface area contributed by atoms with Crippen LogP contribution in [0.15, 0.2) is 155 Å². The zero-order chi connectivity index (χ0) is 29.0. The summed E-state index contributed by atoms with van der Waals surface area (Å²) < 4.78 is 2.47. The second-order valence-corrected chi connectivity index (χ2v) is 11.8. The Bertz CT molecular complexity index is 2050. The number of allylic oxidation sites excluding steroid dienone is 2. The summed E-state index contributed by atoms with van der Waals surface area (Å²) in [5.41, 5.74) is 9.97. The minimum absolute atomic E-state index is 0.121. The summed E-state index contributed by atoms with van der Waals surface area (Å²) in [5.74, 6) is 1.96. The fourth-order valence-electron chi connectivity index (χ4n) is 7.41. The Hall–Kier alpha value is -5.42. The van der Waals surface area contributed by atoms with Gasteiger partial charge in [0.2, 0.25) is 5.96 Å². The van der Waals surface area contributed by atoms with Crippen molar-refractivity contribution >= 4 is 28.4 Å². The molecule has 2 aliphatic carbocycles. The predicted molar refractivity (Wildman–Crippen MR) is 179 cm³/mol. The molecule has 0 amide bonds. The maximum atomic E-state index is 5.36. The van der Waals surface area contributed by atoms with Gasteiger partial charge < -0.3 is 14.8 Å². The number of aliphatic imine (C=N–C) groups is 2. The van der Waals surface area contributed by atoms with E-state index in [2.05, 4.69) is 142 Å². The van der Waals surface area contributed by atoms with E-state index in [1.165, 1.54) is 39.1 Å². The number of fused-ring (bicyclic) bond motifs is 6. The minimum Gasteiger partial charge on any atom is -0.310 e. The molecule has 4 aromatic carbocycles. The molecule has 1 aromatic heterocycles. The second-order valence-electron chi connectivity index (χ2n) is 11.8. The molecule has 3 atom stereocenters.